The lowest BCUT2D eigenvalue weighted by atomic mass is 10.2. The van der Waals surface area contributed by atoms with E-state index >= 15 is 0 Å². The van der Waals surface area contributed by atoms with E-state index < -0.39 is 0 Å². The third-order valence-corrected chi connectivity index (χ3v) is 5.98. The Morgan fingerprint density at radius 3 is 2.44 bits per heavy atom. The maximum Gasteiger partial charge on any atom is 0.270 e. The van der Waals surface area contributed by atoms with Gasteiger partial charge in [-0.05, 0) is 41.4 Å². The first-order valence-corrected chi connectivity index (χ1v) is 9.97. The molecule has 0 saturated carbocycles. The molecule has 1 amide bonds. The number of benzene rings is 1. The molecule has 3 nitrogen and oxygen atoms in total. The van der Waals surface area contributed by atoms with Gasteiger partial charge < -0.3 is 9.88 Å². The van der Waals surface area contributed by atoms with Crippen LogP contribution in [0, 0.1) is 0 Å². The van der Waals surface area contributed by atoms with Crippen LogP contribution in [0.3, 0.4) is 0 Å². The fourth-order valence-corrected chi connectivity index (χ4v) is 4.32. The highest BCUT2D eigenvalue weighted by atomic mass is 32.1. The first-order valence-electron chi connectivity index (χ1n) is 8.21. The Labute approximate surface area is 154 Å². The van der Waals surface area contributed by atoms with E-state index in [1.807, 2.05) is 41.3 Å². The van der Waals surface area contributed by atoms with E-state index in [4.69, 9.17) is 0 Å². The number of H-pyrrole nitrogens is 1. The zero-order chi connectivity index (χ0) is 17.1. The minimum absolute atomic E-state index is 0.0566. The number of rotatable bonds is 6. The summed E-state index contributed by atoms with van der Waals surface area (Å²) in [6.45, 7) is 1.36. The van der Waals surface area contributed by atoms with Crippen LogP contribution in [0.1, 0.15) is 20.2 Å². The van der Waals surface area contributed by atoms with Crippen LogP contribution in [0.2, 0.25) is 0 Å². The zero-order valence-electron chi connectivity index (χ0n) is 13.6. The molecule has 0 unspecified atom stereocenters. The topological polar surface area (TPSA) is 36.1 Å². The zero-order valence-corrected chi connectivity index (χ0v) is 15.3. The number of fused-ring (bicyclic) bond motifs is 1. The van der Waals surface area contributed by atoms with Gasteiger partial charge in [0.05, 0.1) is 6.54 Å². The van der Waals surface area contributed by atoms with Crippen molar-refractivity contribution in [3.8, 4) is 0 Å². The lowest BCUT2D eigenvalue weighted by Crippen LogP contribution is -2.32. The maximum atomic E-state index is 13.1. The maximum absolute atomic E-state index is 13.1. The number of aromatic amines is 1. The molecule has 3 aromatic heterocycles. The van der Waals surface area contributed by atoms with Gasteiger partial charge in [-0.3, -0.25) is 4.79 Å². The number of hydrogen-bond donors (Lipinski definition) is 1. The molecule has 4 aromatic rings. The van der Waals surface area contributed by atoms with E-state index in [1.165, 1.54) is 9.75 Å². The molecule has 0 aliphatic heterocycles. The van der Waals surface area contributed by atoms with Crippen molar-refractivity contribution in [1.82, 2.24) is 9.88 Å². The van der Waals surface area contributed by atoms with E-state index in [1.54, 1.807) is 22.7 Å². The first-order chi connectivity index (χ1) is 12.3. The highest BCUT2D eigenvalue weighted by Crippen LogP contribution is 2.19. The van der Waals surface area contributed by atoms with Gasteiger partial charge in [-0.2, -0.15) is 0 Å². The van der Waals surface area contributed by atoms with Crippen LogP contribution in [0.5, 0.6) is 0 Å². The average molecular weight is 367 g/mol. The number of nitrogens with zero attached hydrogens (tertiary/aromatic N) is 1. The second-order valence-corrected chi connectivity index (χ2v) is 7.97. The summed E-state index contributed by atoms with van der Waals surface area (Å²) in [6, 6.07) is 18.2. The molecule has 0 radical (unpaired) electrons. The van der Waals surface area contributed by atoms with Gasteiger partial charge in [0.15, 0.2) is 0 Å². The number of amides is 1. The normalized spacial score (nSPS) is 11.0. The molecule has 126 valence electrons. The Morgan fingerprint density at radius 1 is 0.960 bits per heavy atom. The van der Waals surface area contributed by atoms with Crippen LogP contribution in [0.15, 0.2) is 65.4 Å². The predicted octanol–water partition coefficient (Wildman–Crippen LogP) is 5.18. The molecule has 0 atom stereocenters. The Morgan fingerprint density at radius 2 is 1.72 bits per heavy atom. The molecular weight excluding hydrogens is 348 g/mol. The van der Waals surface area contributed by atoms with Crippen LogP contribution in [-0.2, 0) is 13.0 Å². The summed E-state index contributed by atoms with van der Waals surface area (Å²) in [7, 11) is 0. The van der Waals surface area contributed by atoms with E-state index in [0.717, 1.165) is 17.3 Å². The summed E-state index contributed by atoms with van der Waals surface area (Å²) in [5.41, 5.74) is 1.66. The number of hydrogen-bond acceptors (Lipinski definition) is 3. The van der Waals surface area contributed by atoms with Gasteiger partial charge >= 0.3 is 0 Å². The van der Waals surface area contributed by atoms with E-state index in [2.05, 4.69) is 33.9 Å². The van der Waals surface area contributed by atoms with Crippen molar-refractivity contribution < 1.29 is 4.79 Å². The Kier molecular flexibility index (Phi) is 4.68. The fraction of sp³-hybridized carbons (Fsp3) is 0.150. The van der Waals surface area contributed by atoms with E-state index in [-0.39, 0.29) is 5.91 Å². The quantitative estimate of drug-likeness (QED) is 0.502. The molecule has 0 bridgehead atoms. The lowest BCUT2D eigenvalue weighted by Gasteiger charge is -2.21. The molecule has 1 N–H and O–H groups in total. The monoisotopic (exact) mass is 366 g/mol. The number of carbonyl (C=O) groups excluding carboxylic acids is 1. The number of carbonyl (C=O) groups is 1. The summed E-state index contributed by atoms with van der Waals surface area (Å²) >= 11 is 3.43. The van der Waals surface area contributed by atoms with Gasteiger partial charge in [0, 0.05) is 27.2 Å². The summed E-state index contributed by atoms with van der Waals surface area (Å²) in [5.74, 6) is 0.0566. The van der Waals surface area contributed by atoms with Crippen molar-refractivity contribution in [2.45, 2.75) is 13.0 Å². The minimum atomic E-state index is 0.0566. The number of thiophene rings is 2. The van der Waals surface area contributed by atoms with Crippen molar-refractivity contribution >= 4 is 39.5 Å². The molecule has 3 heterocycles. The Balaban J connectivity index is 1.57. The standard InChI is InChI=1S/C20H18N2OS2/c23-20(19-13-15-5-1-2-8-18(15)21-19)22(14-17-7-4-12-25-17)10-9-16-6-3-11-24-16/h1-8,11-13,21H,9-10,14H2. The smallest absolute Gasteiger partial charge is 0.270 e. The predicted molar refractivity (Wildman–Crippen MR) is 105 cm³/mol. The molecule has 0 aliphatic carbocycles. The summed E-state index contributed by atoms with van der Waals surface area (Å²) in [4.78, 5) is 20.8. The molecule has 5 heteroatoms. The highest BCUT2D eigenvalue weighted by molar-refractivity contribution is 7.10. The Hall–Kier alpha value is -2.37. The van der Waals surface area contributed by atoms with Crippen molar-refractivity contribution in [2.24, 2.45) is 0 Å². The van der Waals surface area contributed by atoms with Gasteiger partial charge in [-0.1, -0.05) is 30.3 Å². The molecule has 0 aliphatic rings. The van der Waals surface area contributed by atoms with Gasteiger partial charge in [0.1, 0.15) is 5.69 Å². The van der Waals surface area contributed by atoms with Crippen molar-refractivity contribution in [3.63, 3.8) is 0 Å². The second-order valence-electron chi connectivity index (χ2n) is 5.91. The SMILES string of the molecule is O=C(c1cc2ccccc2[nH]1)N(CCc1cccs1)Cc1cccs1. The molecule has 1 aromatic carbocycles. The molecular formula is C20H18N2OS2. The average Bonchev–Trinajstić information content (AvgIpc) is 3.39. The van der Waals surface area contributed by atoms with Crippen LogP contribution >= 0.6 is 22.7 Å². The van der Waals surface area contributed by atoms with Crippen molar-refractivity contribution in [3.05, 3.63) is 80.8 Å². The highest BCUT2D eigenvalue weighted by Gasteiger charge is 2.18. The molecule has 0 spiro atoms. The Bertz CT molecular complexity index is 922. The summed E-state index contributed by atoms with van der Waals surface area (Å²) in [5, 5.41) is 5.21. The molecule has 0 fully saturated rings. The fourth-order valence-electron chi connectivity index (χ4n) is 2.90. The van der Waals surface area contributed by atoms with Crippen molar-refractivity contribution in [1.29, 1.82) is 0 Å². The number of aromatic nitrogens is 1. The largest absolute Gasteiger partial charge is 0.351 e. The van der Waals surface area contributed by atoms with Crippen LogP contribution in [0.4, 0.5) is 0 Å². The number of para-hydroxylation sites is 1. The number of nitrogens with one attached hydrogen (secondary N) is 1. The van der Waals surface area contributed by atoms with Crippen molar-refractivity contribution in [2.75, 3.05) is 6.54 Å². The lowest BCUT2D eigenvalue weighted by molar-refractivity contribution is 0.0742. The summed E-state index contributed by atoms with van der Waals surface area (Å²) in [6.07, 6.45) is 0.884. The van der Waals surface area contributed by atoms with Gasteiger partial charge in [-0.15, -0.1) is 22.7 Å². The molecule has 0 saturated heterocycles. The van der Waals surface area contributed by atoms with Gasteiger partial charge in [0.25, 0.3) is 5.91 Å². The second kappa shape index (κ2) is 7.25. The van der Waals surface area contributed by atoms with Gasteiger partial charge in [0.2, 0.25) is 0 Å². The van der Waals surface area contributed by atoms with Gasteiger partial charge in [-0.25, -0.2) is 0 Å². The molecule has 4 rings (SSSR count). The molecule has 25 heavy (non-hydrogen) atoms. The summed E-state index contributed by atoms with van der Waals surface area (Å²) < 4.78 is 0. The van der Waals surface area contributed by atoms with E-state index in [9.17, 15) is 4.79 Å². The van der Waals surface area contributed by atoms with Crippen LogP contribution in [-0.4, -0.2) is 22.3 Å². The third kappa shape index (κ3) is 3.67. The van der Waals surface area contributed by atoms with Crippen LogP contribution in [0.25, 0.3) is 10.9 Å². The van der Waals surface area contributed by atoms with Crippen LogP contribution < -0.4 is 0 Å². The minimum Gasteiger partial charge on any atom is -0.351 e. The third-order valence-electron chi connectivity index (χ3n) is 4.18. The van der Waals surface area contributed by atoms with E-state index in [0.29, 0.717) is 18.8 Å². The first kappa shape index (κ1) is 16.1.